The van der Waals surface area contributed by atoms with Crippen molar-refractivity contribution in [3.63, 3.8) is 0 Å². The Morgan fingerprint density at radius 2 is 1.70 bits per heavy atom. The Labute approximate surface area is 131 Å². The number of amides is 3. The summed E-state index contributed by atoms with van der Waals surface area (Å²) in [5, 5.41) is 2.70. The number of rotatable bonds is 1. The van der Waals surface area contributed by atoms with Crippen LogP contribution in [0.1, 0.15) is 26.3 Å². The zero-order valence-electron chi connectivity index (χ0n) is 12.3. The van der Waals surface area contributed by atoms with Gasteiger partial charge < -0.3 is 10.1 Å². The first-order chi connectivity index (χ1) is 11.1. The van der Waals surface area contributed by atoms with Crippen LogP contribution in [0.2, 0.25) is 0 Å². The molecule has 0 atom stereocenters. The minimum absolute atomic E-state index is 0.0415. The molecule has 3 amide bonds. The lowest BCUT2D eigenvalue weighted by Gasteiger charge is -2.23. The van der Waals surface area contributed by atoms with Crippen molar-refractivity contribution in [3.8, 4) is 5.75 Å². The van der Waals surface area contributed by atoms with Crippen LogP contribution in [0.15, 0.2) is 36.4 Å². The second-order valence-corrected chi connectivity index (χ2v) is 5.47. The highest BCUT2D eigenvalue weighted by molar-refractivity contribution is 6.34. The first kappa shape index (κ1) is 13.5. The maximum Gasteiger partial charge on any atom is 0.266 e. The van der Waals surface area contributed by atoms with Gasteiger partial charge in [0.15, 0.2) is 6.61 Å². The molecular formula is C17H12N2O4. The summed E-state index contributed by atoms with van der Waals surface area (Å²) in [5.74, 6) is -0.442. The quantitative estimate of drug-likeness (QED) is 0.819. The summed E-state index contributed by atoms with van der Waals surface area (Å²) in [6, 6.07) is 10.00. The molecule has 6 nitrogen and oxygen atoms in total. The maximum absolute atomic E-state index is 12.5. The molecule has 0 saturated carbocycles. The molecule has 0 unspecified atom stereocenters. The average Bonchev–Trinajstić information content (AvgIpc) is 2.79. The van der Waals surface area contributed by atoms with E-state index in [-0.39, 0.29) is 24.3 Å². The molecule has 23 heavy (non-hydrogen) atoms. The fraction of sp³-hybridized carbons (Fsp3) is 0.118. The number of benzene rings is 2. The van der Waals surface area contributed by atoms with Gasteiger partial charge in [0.1, 0.15) is 5.75 Å². The fourth-order valence-electron chi connectivity index (χ4n) is 2.92. The molecule has 0 aliphatic carbocycles. The number of carbonyl (C=O) groups is 3. The van der Waals surface area contributed by atoms with E-state index in [0.717, 1.165) is 10.5 Å². The summed E-state index contributed by atoms with van der Waals surface area (Å²) in [5.41, 5.74) is 2.39. The largest absolute Gasteiger partial charge is 0.481 e. The van der Waals surface area contributed by atoms with Crippen molar-refractivity contribution in [3.05, 3.63) is 53.1 Å². The van der Waals surface area contributed by atoms with E-state index in [2.05, 4.69) is 5.32 Å². The van der Waals surface area contributed by atoms with Crippen molar-refractivity contribution in [1.82, 2.24) is 0 Å². The van der Waals surface area contributed by atoms with Crippen LogP contribution in [0.5, 0.6) is 5.75 Å². The van der Waals surface area contributed by atoms with Crippen LogP contribution >= 0.6 is 0 Å². The average molecular weight is 308 g/mol. The summed E-state index contributed by atoms with van der Waals surface area (Å²) in [4.78, 5) is 37.7. The minimum Gasteiger partial charge on any atom is -0.481 e. The summed E-state index contributed by atoms with van der Waals surface area (Å²) in [6.07, 6.45) is 0. The van der Waals surface area contributed by atoms with Crippen molar-refractivity contribution < 1.29 is 19.1 Å². The Bertz CT molecular complexity index is 853. The highest BCUT2D eigenvalue weighted by atomic mass is 16.5. The van der Waals surface area contributed by atoms with E-state index >= 15 is 0 Å². The van der Waals surface area contributed by atoms with Gasteiger partial charge in [0.05, 0.1) is 22.5 Å². The van der Waals surface area contributed by atoms with Crippen molar-refractivity contribution in [2.75, 3.05) is 16.8 Å². The molecule has 4 rings (SSSR count). The van der Waals surface area contributed by atoms with Crippen LogP contribution in [0.25, 0.3) is 0 Å². The Morgan fingerprint density at radius 3 is 2.35 bits per heavy atom. The normalized spacial score (nSPS) is 15.9. The highest BCUT2D eigenvalue weighted by Gasteiger charge is 2.37. The minimum atomic E-state index is -0.368. The lowest BCUT2D eigenvalue weighted by molar-refractivity contribution is -0.118. The van der Waals surface area contributed by atoms with Crippen LogP contribution in [0.4, 0.5) is 11.4 Å². The predicted octanol–water partition coefficient (Wildman–Crippen LogP) is 2.13. The van der Waals surface area contributed by atoms with E-state index < -0.39 is 0 Å². The van der Waals surface area contributed by atoms with Crippen LogP contribution < -0.4 is 15.0 Å². The molecule has 0 fully saturated rings. The van der Waals surface area contributed by atoms with Gasteiger partial charge in [-0.2, -0.15) is 0 Å². The van der Waals surface area contributed by atoms with Gasteiger partial charge in [-0.25, -0.2) is 4.90 Å². The fourth-order valence-corrected chi connectivity index (χ4v) is 2.92. The molecule has 1 N–H and O–H groups in total. The van der Waals surface area contributed by atoms with Crippen LogP contribution in [0.3, 0.4) is 0 Å². The third-order valence-corrected chi connectivity index (χ3v) is 3.93. The number of nitrogens with one attached hydrogen (secondary N) is 1. The molecular weight excluding hydrogens is 296 g/mol. The number of fused-ring (bicyclic) bond motifs is 2. The van der Waals surface area contributed by atoms with Gasteiger partial charge in [-0.05, 0) is 36.8 Å². The Kier molecular flexibility index (Phi) is 2.74. The van der Waals surface area contributed by atoms with E-state index in [9.17, 15) is 14.4 Å². The zero-order chi connectivity index (χ0) is 16.1. The first-order valence-corrected chi connectivity index (χ1v) is 7.11. The Hall–Kier alpha value is -3.15. The number of anilines is 2. The van der Waals surface area contributed by atoms with Crippen molar-refractivity contribution in [2.45, 2.75) is 6.92 Å². The van der Waals surface area contributed by atoms with Crippen molar-refractivity contribution in [1.29, 1.82) is 0 Å². The van der Waals surface area contributed by atoms with Gasteiger partial charge in [-0.1, -0.05) is 12.1 Å². The molecule has 2 heterocycles. The molecule has 0 radical (unpaired) electrons. The number of aryl methyl sites for hydroxylation is 1. The first-order valence-electron chi connectivity index (χ1n) is 7.11. The number of nitrogens with zero attached hydrogens (tertiary/aromatic N) is 1. The standard InChI is InChI=1S/C17H12N2O4/c1-9-6-10(7-13-15(9)23-8-14(20)18-13)19-16(21)11-4-2-3-5-12(11)17(19)22/h2-7H,8H2,1H3,(H,18,20). The van der Waals surface area contributed by atoms with E-state index in [1.54, 1.807) is 43.3 Å². The van der Waals surface area contributed by atoms with E-state index in [0.29, 0.717) is 28.3 Å². The summed E-state index contributed by atoms with van der Waals surface area (Å²) < 4.78 is 5.40. The summed E-state index contributed by atoms with van der Waals surface area (Å²) in [7, 11) is 0. The van der Waals surface area contributed by atoms with Crippen molar-refractivity contribution in [2.24, 2.45) is 0 Å². The second kappa shape index (κ2) is 4.67. The number of hydrogen-bond acceptors (Lipinski definition) is 4. The molecule has 2 aromatic carbocycles. The summed E-state index contributed by atoms with van der Waals surface area (Å²) in [6.45, 7) is 1.76. The van der Waals surface area contributed by atoms with Gasteiger partial charge in [-0.15, -0.1) is 0 Å². The van der Waals surface area contributed by atoms with E-state index in [1.807, 2.05) is 0 Å². The molecule has 0 bridgehead atoms. The lowest BCUT2D eigenvalue weighted by atomic mass is 10.1. The molecule has 114 valence electrons. The maximum atomic E-state index is 12.5. The van der Waals surface area contributed by atoms with E-state index in [1.165, 1.54) is 0 Å². The smallest absolute Gasteiger partial charge is 0.266 e. The van der Waals surface area contributed by atoms with Gasteiger partial charge in [0.25, 0.3) is 17.7 Å². The lowest BCUT2D eigenvalue weighted by Crippen LogP contribution is -2.30. The molecule has 2 aromatic rings. The zero-order valence-corrected chi connectivity index (χ0v) is 12.3. The van der Waals surface area contributed by atoms with Gasteiger partial charge in [0.2, 0.25) is 0 Å². The predicted molar refractivity (Wildman–Crippen MR) is 82.9 cm³/mol. The van der Waals surface area contributed by atoms with Crippen LogP contribution in [-0.4, -0.2) is 24.3 Å². The molecule has 0 saturated heterocycles. The van der Waals surface area contributed by atoms with Gasteiger partial charge >= 0.3 is 0 Å². The third-order valence-electron chi connectivity index (χ3n) is 3.93. The molecule has 6 heteroatoms. The number of hydrogen-bond donors (Lipinski definition) is 1. The topological polar surface area (TPSA) is 75.7 Å². The van der Waals surface area contributed by atoms with E-state index in [4.69, 9.17) is 4.74 Å². The van der Waals surface area contributed by atoms with Crippen molar-refractivity contribution >= 4 is 29.1 Å². The number of ether oxygens (including phenoxy) is 1. The molecule has 0 aromatic heterocycles. The van der Waals surface area contributed by atoms with Crippen LogP contribution in [0, 0.1) is 6.92 Å². The Morgan fingerprint density at radius 1 is 1.04 bits per heavy atom. The monoisotopic (exact) mass is 308 g/mol. The SMILES string of the molecule is Cc1cc(N2C(=O)c3ccccc3C2=O)cc2c1OCC(=O)N2. The highest BCUT2D eigenvalue weighted by Crippen LogP contribution is 2.38. The van der Waals surface area contributed by atoms with Gasteiger partial charge in [-0.3, -0.25) is 14.4 Å². The molecule has 2 aliphatic rings. The molecule has 2 aliphatic heterocycles. The number of carbonyl (C=O) groups excluding carboxylic acids is 3. The summed E-state index contributed by atoms with van der Waals surface area (Å²) >= 11 is 0. The Balaban J connectivity index is 1.82. The second-order valence-electron chi connectivity index (χ2n) is 5.47. The van der Waals surface area contributed by atoms with Crippen LogP contribution in [-0.2, 0) is 4.79 Å². The molecule has 0 spiro atoms. The van der Waals surface area contributed by atoms with Gasteiger partial charge in [0, 0.05) is 0 Å². The third kappa shape index (κ3) is 1.92. The number of imide groups is 1.